The summed E-state index contributed by atoms with van der Waals surface area (Å²) < 4.78 is 37.7. The van der Waals surface area contributed by atoms with Crippen LogP contribution < -0.4 is 10.6 Å². The largest absolute Gasteiger partial charge is 0.416 e. The first-order chi connectivity index (χ1) is 12.3. The molecule has 0 saturated carbocycles. The standard InChI is InChI=1S/C19H21F3N2O2/c20-19(21,22)14-7-4-12(5-8-14)11-23-18(26)24-17-3-1-2-13-6-9-15(25)10-16(13)17/h1-2,4-5,7-8,15,17,25H,3,6,9-11H2,(H2,23,24,26)/t15-,17?/m0/s1. The second kappa shape index (κ2) is 7.53. The molecule has 0 spiro atoms. The molecule has 2 aliphatic rings. The van der Waals surface area contributed by atoms with E-state index in [-0.39, 0.29) is 24.7 Å². The van der Waals surface area contributed by atoms with E-state index in [1.807, 2.05) is 6.08 Å². The number of halogens is 3. The summed E-state index contributed by atoms with van der Waals surface area (Å²) in [6.45, 7) is 0.140. The van der Waals surface area contributed by atoms with Crippen molar-refractivity contribution >= 4 is 6.03 Å². The molecule has 2 amide bonds. The van der Waals surface area contributed by atoms with Crippen molar-refractivity contribution in [3.05, 3.63) is 58.7 Å². The van der Waals surface area contributed by atoms with E-state index in [0.29, 0.717) is 18.4 Å². The lowest BCUT2D eigenvalue weighted by molar-refractivity contribution is -0.137. The first-order valence-corrected chi connectivity index (χ1v) is 8.60. The number of carbonyl (C=O) groups excluding carboxylic acids is 1. The van der Waals surface area contributed by atoms with Gasteiger partial charge >= 0.3 is 12.2 Å². The Hall–Kier alpha value is -2.28. The van der Waals surface area contributed by atoms with E-state index in [1.54, 1.807) is 0 Å². The Balaban J connectivity index is 1.54. The highest BCUT2D eigenvalue weighted by Gasteiger charge is 2.30. The Morgan fingerprint density at radius 1 is 1.23 bits per heavy atom. The Kier molecular flexibility index (Phi) is 5.36. The Morgan fingerprint density at radius 2 is 1.96 bits per heavy atom. The van der Waals surface area contributed by atoms with Crippen molar-refractivity contribution in [2.45, 2.75) is 50.6 Å². The van der Waals surface area contributed by atoms with Gasteiger partial charge in [0.2, 0.25) is 0 Å². The lowest BCUT2D eigenvalue weighted by atomic mass is 9.81. The number of urea groups is 1. The van der Waals surface area contributed by atoms with Crippen LogP contribution in [0.4, 0.5) is 18.0 Å². The van der Waals surface area contributed by atoms with E-state index in [4.69, 9.17) is 0 Å². The molecule has 0 aromatic heterocycles. The Bertz CT molecular complexity index is 723. The Morgan fingerprint density at radius 3 is 2.65 bits per heavy atom. The van der Waals surface area contributed by atoms with Crippen molar-refractivity contribution in [3.8, 4) is 0 Å². The van der Waals surface area contributed by atoms with Crippen LogP contribution >= 0.6 is 0 Å². The first-order valence-electron chi connectivity index (χ1n) is 8.60. The van der Waals surface area contributed by atoms with Gasteiger partial charge in [-0.05, 0) is 54.5 Å². The number of allylic oxidation sites excluding steroid dienone is 2. The molecule has 3 rings (SSSR count). The fraction of sp³-hybridized carbons (Fsp3) is 0.421. The van der Waals surface area contributed by atoms with Gasteiger partial charge in [-0.25, -0.2) is 4.79 Å². The van der Waals surface area contributed by atoms with Gasteiger partial charge in [-0.2, -0.15) is 13.2 Å². The smallest absolute Gasteiger partial charge is 0.393 e. The normalized spacial score (nSPS) is 22.8. The number of aliphatic hydroxyl groups excluding tert-OH is 1. The second-order valence-electron chi connectivity index (χ2n) is 6.66. The number of amides is 2. The molecule has 0 aliphatic heterocycles. The molecule has 0 fully saturated rings. The summed E-state index contributed by atoms with van der Waals surface area (Å²) in [7, 11) is 0. The second-order valence-corrected chi connectivity index (χ2v) is 6.66. The third-order valence-corrected chi connectivity index (χ3v) is 4.77. The number of hydrogen-bond acceptors (Lipinski definition) is 2. The van der Waals surface area contributed by atoms with E-state index in [9.17, 15) is 23.1 Å². The average Bonchev–Trinajstić information content (AvgIpc) is 2.60. The minimum Gasteiger partial charge on any atom is -0.393 e. The van der Waals surface area contributed by atoms with E-state index in [1.165, 1.54) is 17.7 Å². The number of aliphatic hydroxyl groups is 1. The molecule has 7 heteroatoms. The highest BCUT2D eigenvalue weighted by atomic mass is 19.4. The van der Waals surface area contributed by atoms with Gasteiger partial charge in [0.1, 0.15) is 0 Å². The molecule has 1 aromatic carbocycles. The van der Waals surface area contributed by atoms with Gasteiger partial charge < -0.3 is 15.7 Å². The zero-order valence-corrected chi connectivity index (χ0v) is 14.1. The molecular weight excluding hydrogens is 345 g/mol. The van der Waals surface area contributed by atoms with Gasteiger partial charge in [-0.15, -0.1) is 0 Å². The molecule has 26 heavy (non-hydrogen) atoms. The lowest BCUT2D eigenvalue weighted by Gasteiger charge is -2.31. The maximum Gasteiger partial charge on any atom is 0.416 e. The molecule has 0 saturated heterocycles. The Labute approximate surface area is 149 Å². The van der Waals surface area contributed by atoms with E-state index in [2.05, 4.69) is 16.7 Å². The molecule has 4 nitrogen and oxygen atoms in total. The molecule has 3 N–H and O–H groups in total. The maximum atomic E-state index is 12.6. The van der Waals surface area contributed by atoms with Crippen LogP contribution in [0.3, 0.4) is 0 Å². The molecular formula is C19H21F3N2O2. The summed E-state index contributed by atoms with van der Waals surface area (Å²) in [5.41, 5.74) is 2.12. The molecule has 2 atom stereocenters. The number of benzene rings is 1. The predicted octanol–water partition coefficient (Wildman–Crippen LogP) is 3.67. The molecule has 0 heterocycles. The van der Waals surface area contributed by atoms with Crippen molar-refractivity contribution in [2.75, 3.05) is 0 Å². The van der Waals surface area contributed by atoms with Crippen LogP contribution in [-0.2, 0) is 12.7 Å². The SMILES string of the molecule is O=C(NCc1ccc(C(F)(F)F)cc1)NC1CC=CC2=C1C[C@@H](O)CC2. The van der Waals surface area contributed by atoms with Crippen molar-refractivity contribution in [1.82, 2.24) is 10.6 Å². The van der Waals surface area contributed by atoms with Crippen LogP contribution in [-0.4, -0.2) is 23.3 Å². The quantitative estimate of drug-likeness (QED) is 0.764. The summed E-state index contributed by atoms with van der Waals surface area (Å²) in [5.74, 6) is 0. The monoisotopic (exact) mass is 366 g/mol. The fourth-order valence-corrected chi connectivity index (χ4v) is 3.36. The van der Waals surface area contributed by atoms with E-state index >= 15 is 0 Å². The summed E-state index contributed by atoms with van der Waals surface area (Å²) >= 11 is 0. The fourth-order valence-electron chi connectivity index (χ4n) is 3.36. The molecule has 0 radical (unpaired) electrons. The highest BCUT2D eigenvalue weighted by Crippen LogP contribution is 2.32. The third-order valence-electron chi connectivity index (χ3n) is 4.77. The number of alkyl halides is 3. The van der Waals surface area contributed by atoms with E-state index < -0.39 is 11.7 Å². The van der Waals surface area contributed by atoms with Gasteiger partial charge in [0.25, 0.3) is 0 Å². The molecule has 0 bridgehead atoms. The van der Waals surface area contributed by atoms with Crippen molar-refractivity contribution in [2.24, 2.45) is 0 Å². The number of rotatable bonds is 3. The average molecular weight is 366 g/mol. The summed E-state index contributed by atoms with van der Waals surface area (Å²) in [6, 6.07) is 4.17. The van der Waals surface area contributed by atoms with Crippen molar-refractivity contribution in [1.29, 1.82) is 0 Å². The first kappa shape index (κ1) is 18.5. The predicted molar refractivity (Wildman–Crippen MR) is 91.2 cm³/mol. The molecule has 140 valence electrons. The van der Waals surface area contributed by atoms with Crippen molar-refractivity contribution in [3.63, 3.8) is 0 Å². The number of nitrogens with one attached hydrogen (secondary N) is 2. The van der Waals surface area contributed by atoms with Crippen molar-refractivity contribution < 1.29 is 23.1 Å². The minimum absolute atomic E-state index is 0.140. The third kappa shape index (κ3) is 4.46. The number of hydrogen-bond donors (Lipinski definition) is 3. The molecule has 1 aromatic rings. The maximum absolute atomic E-state index is 12.6. The lowest BCUT2D eigenvalue weighted by Crippen LogP contribution is -2.44. The van der Waals surface area contributed by atoms with Crippen LogP contribution in [0.1, 0.15) is 36.8 Å². The van der Waals surface area contributed by atoms with Gasteiger partial charge in [-0.3, -0.25) is 0 Å². The molecule has 1 unspecified atom stereocenters. The zero-order chi connectivity index (χ0) is 18.7. The van der Waals surface area contributed by atoms with Gasteiger partial charge in [0.15, 0.2) is 0 Å². The van der Waals surface area contributed by atoms with Gasteiger partial charge in [-0.1, -0.05) is 24.3 Å². The summed E-state index contributed by atoms with van der Waals surface area (Å²) in [6.07, 6.45) is 2.08. The summed E-state index contributed by atoms with van der Waals surface area (Å²) in [4.78, 5) is 12.2. The van der Waals surface area contributed by atoms with Crippen LogP contribution in [0, 0.1) is 0 Å². The van der Waals surface area contributed by atoms with Crippen LogP contribution in [0.25, 0.3) is 0 Å². The number of carbonyl (C=O) groups is 1. The minimum atomic E-state index is -4.37. The van der Waals surface area contributed by atoms with Gasteiger partial charge in [0.05, 0.1) is 17.7 Å². The summed E-state index contributed by atoms with van der Waals surface area (Å²) in [5, 5.41) is 15.4. The van der Waals surface area contributed by atoms with Gasteiger partial charge in [0, 0.05) is 6.54 Å². The molecule has 2 aliphatic carbocycles. The topological polar surface area (TPSA) is 61.4 Å². The van der Waals surface area contributed by atoms with E-state index in [0.717, 1.165) is 30.5 Å². The van der Waals surface area contributed by atoms with Crippen LogP contribution in [0.5, 0.6) is 0 Å². The van der Waals surface area contributed by atoms with Crippen LogP contribution in [0.2, 0.25) is 0 Å². The highest BCUT2D eigenvalue weighted by molar-refractivity contribution is 5.75. The van der Waals surface area contributed by atoms with Crippen LogP contribution in [0.15, 0.2) is 47.6 Å². The zero-order valence-electron chi connectivity index (χ0n) is 14.1.